The molecule has 1 saturated heterocycles. The number of hydrogen-bond acceptors (Lipinski definition) is 3. The molecular weight excluding hydrogens is 630 g/mol. The molecule has 32 heavy (non-hydrogen) atoms. The zero-order valence-electron chi connectivity index (χ0n) is 18.4. The third-order valence-corrected chi connectivity index (χ3v) is 9.43. The second kappa shape index (κ2) is 7.66. The lowest BCUT2D eigenvalue weighted by atomic mass is 9.62. The molecule has 1 saturated carbocycles. The molecule has 3 atom stereocenters. The van der Waals surface area contributed by atoms with E-state index in [1.54, 1.807) is 0 Å². The van der Waals surface area contributed by atoms with Crippen molar-refractivity contribution in [2.24, 2.45) is 16.7 Å². The lowest BCUT2D eigenvalue weighted by Gasteiger charge is -2.48. The Hall–Kier alpha value is -1.20. The lowest BCUT2D eigenvalue weighted by molar-refractivity contribution is -0.169. The summed E-state index contributed by atoms with van der Waals surface area (Å²) < 4.78 is 4.43. The highest BCUT2D eigenvalue weighted by Gasteiger charge is 2.64. The first-order valence-corrected chi connectivity index (χ1v) is 13.1. The molecule has 1 aliphatic carbocycles. The van der Waals surface area contributed by atoms with Crippen molar-refractivity contribution in [3.8, 4) is 0 Å². The van der Waals surface area contributed by atoms with Gasteiger partial charge in [0.1, 0.15) is 0 Å². The summed E-state index contributed by atoms with van der Waals surface area (Å²) in [6.45, 7) is 6.42. The van der Waals surface area contributed by atoms with Crippen LogP contribution in [0.5, 0.6) is 0 Å². The van der Waals surface area contributed by atoms with E-state index in [0.29, 0.717) is 6.54 Å². The highest BCUT2D eigenvalue weighted by molar-refractivity contribution is 14.1. The smallest absolute Gasteiger partial charge is 0.235 e. The number of imide groups is 1. The Balaban J connectivity index is 1.48. The van der Waals surface area contributed by atoms with E-state index in [4.69, 9.17) is 0 Å². The van der Waals surface area contributed by atoms with Crippen LogP contribution in [0, 0.1) is 23.9 Å². The molecule has 0 spiro atoms. The van der Waals surface area contributed by atoms with E-state index in [1.165, 1.54) is 4.90 Å². The molecular formula is C25H26I2N2O3. The molecule has 3 aromatic rings. The first-order valence-electron chi connectivity index (χ1n) is 11.0. The van der Waals surface area contributed by atoms with Gasteiger partial charge in [-0.15, -0.1) is 0 Å². The number of benzene rings is 2. The van der Waals surface area contributed by atoms with E-state index < -0.39 is 11.5 Å². The molecule has 2 amide bonds. The Morgan fingerprint density at radius 3 is 2.12 bits per heavy atom. The number of aliphatic hydroxyl groups is 1. The van der Waals surface area contributed by atoms with Crippen LogP contribution in [0.4, 0.5) is 0 Å². The number of carbonyl (C=O) groups is 2. The number of rotatable bonds is 4. The number of aromatic nitrogens is 1. The third-order valence-electron chi connectivity index (χ3n) is 8.08. The summed E-state index contributed by atoms with van der Waals surface area (Å²) in [5.41, 5.74) is 1.20. The molecule has 168 valence electrons. The summed E-state index contributed by atoms with van der Waals surface area (Å²) in [5, 5.41) is 13.4. The molecule has 5 rings (SSSR count). The summed E-state index contributed by atoms with van der Waals surface area (Å²) in [6, 6.07) is 12.6. The Morgan fingerprint density at radius 1 is 1.00 bits per heavy atom. The fourth-order valence-corrected chi connectivity index (χ4v) is 6.78. The summed E-state index contributed by atoms with van der Waals surface area (Å²) in [6.07, 6.45) is 0.626. The maximum atomic E-state index is 13.4. The summed E-state index contributed by atoms with van der Waals surface area (Å²) in [7, 11) is 0. The van der Waals surface area contributed by atoms with Crippen LogP contribution in [0.3, 0.4) is 0 Å². The molecule has 2 fully saturated rings. The van der Waals surface area contributed by atoms with Crippen LogP contribution in [0.15, 0.2) is 36.4 Å². The monoisotopic (exact) mass is 656 g/mol. The van der Waals surface area contributed by atoms with Crippen LogP contribution in [0.1, 0.15) is 33.6 Å². The number of amides is 2. The number of β-amino-alcohol motifs (C(OH)–C–C–N with tert-alkyl or cyclic N) is 1. The normalized spacial score (nSPS) is 25.8. The van der Waals surface area contributed by atoms with Gasteiger partial charge in [0, 0.05) is 34.9 Å². The summed E-state index contributed by atoms with van der Waals surface area (Å²) in [5.74, 6) is -0.415. The van der Waals surface area contributed by atoms with E-state index in [-0.39, 0.29) is 29.7 Å². The van der Waals surface area contributed by atoms with Crippen LogP contribution in [-0.4, -0.2) is 39.0 Å². The van der Waals surface area contributed by atoms with Gasteiger partial charge in [-0.2, -0.15) is 0 Å². The average molecular weight is 656 g/mol. The maximum Gasteiger partial charge on any atom is 0.235 e. The van der Waals surface area contributed by atoms with Gasteiger partial charge < -0.3 is 9.67 Å². The lowest BCUT2D eigenvalue weighted by Crippen LogP contribution is -2.60. The molecule has 0 radical (unpaired) electrons. The van der Waals surface area contributed by atoms with E-state index in [2.05, 4.69) is 86.1 Å². The summed E-state index contributed by atoms with van der Waals surface area (Å²) >= 11 is 4.63. The molecule has 7 heteroatoms. The average Bonchev–Trinajstić information content (AvgIpc) is 3.12. The number of piperidine rings is 1. The Morgan fingerprint density at radius 2 is 1.56 bits per heavy atom. The fourth-order valence-electron chi connectivity index (χ4n) is 5.80. The second-order valence-corrected chi connectivity index (χ2v) is 12.5. The first kappa shape index (κ1) is 22.6. The number of carbonyl (C=O) groups excluding carboxylic acids is 2. The third kappa shape index (κ3) is 3.17. The zero-order chi connectivity index (χ0) is 23.0. The molecule has 2 bridgehead atoms. The van der Waals surface area contributed by atoms with Crippen molar-refractivity contribution in [2.75, 3.05) is 6.54 Å². The molecule has 3 unspecified atom stereocenters. The van der Waals surface area contributed by atoms with Crippen molar-refractivity contribution in [3.05, 3.63) is 43.5 Å². The van der Waals surface area contributed by atoms with Gasteiger partial charge in [0.2, 0.25) is 11.8 Å². The van der Waals surface area contributed by atoms with Crippen LogP contribution < -0.4 is 0 Å². The highest BCUT2D eigenvalue weighted by Crippen LogP contribution is 2.60. The van der Waals surface area contributed by atoms with E-state index in [0.717, 1.165) is 41.8 Å². The molecule has 1 N–H and O–H groups in total. The number of fused-ring (bicyclic) bond motifs is 5. The van der Waals surface area contributed by atoms with Crippen molar-refractivity contribution in [1.29, 1.82) is 0 Å². The fraction of sp³-hybridized carbons (Fsp3) is 0.440. The van der Waals surface area contributed by atoms with Crippen LogP contribution in [0.2, 0.25) is 0 Å². The SMILES string of the molecule is CC12CCC(C(=O)N(CC(O)Cn3c4ccc(I)cc4c4cc(I)ccc43)C1=O)C2(C)C. The van der Waals surface area contributed by atoms with Crippen LogP contribution >= 0.6 is 45.2 Å². The minimum atomic E-state index is -0.843. The Kier molecular flexibility index (Phi) is 5.41. The predicted octanol–water partition coefficient (Wildman–Crippen LogP) is 5.18. The van der Waals surface area contributed by atoms with E-state index in [9.17, 15) is 14.7 Å². The standard InChI is InChI=1S/C25H26I2N2O3/c1-24(2)19-8-9-25(24,3)23(32)29(22(19)31)13-16(30)12-28-20-6-4-14(26)10-17(20)18-11-15(27)5-7-21(18)28/h4-7,10-11,16,19,30H,8-9,12-13H2,1-3H3. The van der Waals surface area contributed by atoms with Crippen molar-refractivity contribution in [1.82, 2.24) is 9.47 Å². The maximum absolute atomic E-state index is 13.4. The predicted molar refractivity (Wildman–Crippen MR) is 142 cm³/mol. The van der Waals surface area contributed by atoms with Gasteiger partial charge in [-0.3, -0.25) is 14.5 Å². The molecule has 1 aromatic heterocycles. The van der Waals surface area contributed by atoms with Crippen LogP contribution in [-0.2, 0) is 16.1 Å². The minimum Gasteiger partial charge on any atom is -0.389 e. The van der Waals surface area contributed by atoms with Gasteiger partial charge in [-0.25, -0.2) is 0 Å². The number of nitrogens with zero attached hydrogens (tertiary/aromatic N) is 2. The molecule has 2 heterocycles. The Bertz CT molecular complexity index is 1220. The number of halogens is 2. The molecule has 2 aliphatic rings. The Labute approximate surface area is 214 Å². The number of hydrogen-bond donors (Lipinski definition) is 1. The van der Waals surface area contributed by atoms with Crippen molar-refractivity contribution < 1.29 is 14.7 Å². The molecule has 1 aliphatic heterocycles. The molecule has 5 nitrogen and oxygen atoms in total. The molecule has 2 aromatic carbocycles. The van der Waals surface area contributed by atoms with Crippen molar-refractivity contribution in [3.63, 3.8) is 0 Å². The van der Waals surface area contributed by atoms with E-state index >= 15 is 0 Å². The largest absolute Gasteiger partial charge is 0.389 e. The second-order valence-electron chi connectivity index (χ2n) is 9.99. The quantitative estimate of drug-likeness (QED) is 0.312. The van der Waals surface area contributed by atoms with Crippen molar-refractivity contribution in [2.45, 2.75) is 46.3 Å². The topological polar surface area (TPSA) is 62.5 Å². The summed E-state index contributed by atoms with van der Waals surface area (Å²) in [4.78, 5) is 27.9. The van der Waals surface area contributed by atoms with Gasteiger partial charge >= 0.3 is 0 Å². The van der Waals surface area contributed by atoms with Gasteiger partial charge in [0.25, 0.3) is 0 Å². The van der Waals surface area contributed by atoms with Gasteiger partial charge in [-0.1, -0.05) is 20.8 Å². The van der Waals surface area contributed by atoms with Gasteiger partial charge in [0.15, 0.2) is 0 Å². The zero-order valence-corrected chi connectivity index (χ0v) is 22.7. The van der Waals surface area contributed by atoms with Gasteiger partial charge in [-0.05, 0) is 99.8 Å². The first-order chi connectivity index (χ1) is 15.0. The minimum absolute atomic E-state index is 0.0374. The number of likely N-dealkylation sites (tertiary alicyclic amines) is 1. The van der Waals surface area contributed by atoms with Crippen molar-refractivity contribution >= 4 is 78.8 Å². The van der Waals surface area contributed by atoms with Crippen LogP contribution in [0.25, 0.3) is 21.8 Å². The van der Waals surface area contributed by atoms with E-state index in [1.807, 2.05) is 20.8 Å². The highest BCUT2D eigenvalue weighted by atomic mass is 127. The van der Waals surface area contributed by atoms with Gasteiger partial charge in [0.05, 0.1) is 24.6 Å². The number of aliphatic hydroxyl groups excluding tert-OH is 1.